The number of hydrogen-bond donors (Lipinski definition) is 4. The molecule has 0 unspecified atom stereocenters. The van der Waals surface area contributed by atoms with Gasteiger partial charge in [0.25, 0.3) is 0 Å². The first-order valence-electron chi connectivity index (χ1n) is 9.67. The van der Waals surface area contributed by atoms with Crippen molar-refractivity contribution in [2.75, 3.05) is 0 Å². The number of carbonyl (C=O) groups is 2. The van der Waals surface area contributed by atoms with Crippen LogP contribution in [-0.2, 0) is 0 Å². The molecule has 0 spiro atoms. The molecule has 0 aliphatic rings. The number of hydrogen-bond acceptors (Lipinski definition) is 8. The number of aromatic carboxylic acids is 2. The van der Waals surface area contributed by atoms with E-state index in [2.05, 4.69) is 5.73 Å². The molecule has 2 aromatic carbocycles. The minimum Gasteiger partial charge on any atom is -0.493 e. The van der Waals surface area contributed by atoms with Crippen LogP contribution in [0.15, 0.2) is 54.3 Å². The summed E-state index contributed by atoms with van der Waals surface area (Å²) in [4.78, 5) is 22.9. The molecule has 0 atom stereocenters. The summed E-state index contributed by atoms with van der Waals surface area (Å²) in [5, 5.41) is 39.4. The quantitative estimate of drug-likeness (QED) is 0.173. The molecule has 4 rings (SSSR count). The van der Waals surface area contributed by atoms with Crippen molar-refractivity contribution in [2.24, 2.45) is 0 Å². The molecule has 0 aliphatic carbocycles. The predicted octanol–water partition coefficient (Wildman–Crippen LogP) is 5.98. The molecule has 2 aromatic heterocycles. The van der Waals surface area contributed by atoms with Crippen LogP contribution in [-0.4, -0.2) is 41.5 Å². The number of rotatable bonds is 6. The first-order chi connectivity index (χ1) is 16.7. The van der Waals surface area contributed by atoms with Crippen LogP contribution >= 0.6 is 47.1 Å². The van der Waals surface area contributed by atoms with Gasteiger partial charge in [-0.05, 0) is 73.0 Å². The first-order valence-corrected chi connectivity index (χ1v) is 12.1. The van der Waals surface area contributed by atoms with Gasteiger partial charge in [-0.25, -0.2) is 9.59 Å². The molecule has 8 nitrogen and oxygen atoms in total. The lowest BCUT2D eigenvalue weighted by Gasteiger charge is -2.05. The van der Waals surface area contributed by atoms with Gasteiger partial charge in [0.15, 0.2) is 7.91 Å². The second kappa shape index (κ2) is 9.82. The van der Waals surface area contributed by atoms with Crippen molar-refractivity contribution in [3.8, 4) is 23.1 Å². The van der Waals surface area contributed by atoms with E-state index in [9.17, 15) is 19.8 Å². The van der Waals surface area contributed by atoms with E-state index in [-0.39, 0.29) is 22.9 Å². The molecule has 0 radical (unpaired) electrons. The zero-order valence-corrected chi connectivity index (χ0v) is 20.7. The highest BCUT2D eigenvalue weighted by molar-refractivity contribution is 7.73. The van der Waals surface area contributed by atoms with E-state index < -0.39 is 11.9 Å². The number of thiazole rings is 2. The number of nitrogens with zero attached hydrogens (tertiary/aromatic N) is 2. The topological polar surface area (TPSA) is 125 Å². The van der Waals surface area contributed by atoms with Gasteiger partial charge < -0.3 is 20.4 Å². The largest absolute Gasteiger partial charge is 0.493 e. The normalized spacial score (nSPS) is 10.5. The summed E-state index contributed by atoms with van der Waals surface area (Å²) in [6, 6.07) is 11.9. The summed E-state index contributed by atoms with van der Waals surface area (Å²) in [7, 11) is 0. The van der Waals surface area contributed by atoms with Crippen LogP contribution in [0.3, 0.4) is 0 Å². The summed E-state index contributed by atoms with van der Waals surface area (Å²) in [5.41, 5.74) is 4.17. The lowest BCUT2D eigenvalue weighted by molar-refractivity contribution is 0.0686. The Morgan fingerprint density at radius 2 is 1.06 bits per heavy atom. The Kier molecular flexibility index (Phi) is 6.83. The summed E-state index contributed by atoms with van der Waals surface area (Å²) in [5.74, 6) is -2.36. The first kappa shape index (κ1) is 24.3. The smallest absolute Gasteiger partial charge is 0.335 e. The van der Waals surface area contributed by atoms with Crippen LogP contribution in [0.25, 0.3) is 23.5 Å². The number of benzene rings is 2. The van der Waals surface area contributed by atoms with Crippen LogP contribution < -0.4 is 0 Å². The van der Waals surface area contributed by atoms with Crippen molar-refractivity contribution in [3.63, 3.8) is 0 Å². The van der Waals surface area contributed by atoms with E-state index in [0.29, 0.717) is 29.0 Å². The van der Waals surface area contributed by atoms with Gasteiger partial charge in [-0.2, -0.15) is 0 Å². The average Bonchev–Trinajstić information content (AvgIpc) is 3.27. The van der Waals surface area contributed by atoms with Crippen molar-refractivity contribution in [2.45, 2.75) is 0 Å². The molecule has 4 aromatic rings. The zero-order valence-electron chi connectivity index (χ0n) is 17.4. The van der Waals surface area contributed by atoms with Crippen molar-refractivity contribution in [1.29, 1.82) is 0 Å². The van der Waals surface area contributed by atoms with Crippen molar-refractivity contribution >= 4 is 71.2 Å². The molecule has 0 saturated carbocycles. The second-order valence-electron chi connectivity index (χ2n) is 6.94. The third kappa shape index (κ3) is 4.87. The molecule has 176 valence electrons. The maximum absolute atomic E-state index is 11.0. The van der Waals surface area contributed by atoms with E-state index >= 15 is 0 Å². The van der Waals surface area contributed by atoms with Crippen molar-refractivity contribution in [3.05, 3.63) is 83.1 Å². The molecule has 0 amide bonds. The van der Waals surface area contributed by atoms with E-state index in [0.717, 1.165) is 22.7 Å². The Hall–Kier alpha value is -3.80. The van der Waals surface area contributed by atoms with Gasteiger partial charge in [-0.3, -0.25) is 9.13 Å². The fourth-order valence-corrected chi connectivity index (χ4v) is 5.59. The number of carboxylic acid groups (broad SMARTS) is 2. The maximum atomic E-state index is 11.0. The summed E-state index contributed by atoms with van der Waals surface area (Å²) in [6.07, 6.45) is 3.01. The van der Waals surface area contributed by atoms with Crippen LogP contribution in [0.5, 0.6) is 11.8 Å². The molecule has 12 heteroatoms. The number of aromatic hydroxyl groups is 2. The van der Waals surface area contributed by atoms with Crippen LogP contribution in [0.2, 0.25) is 0 Å². The van der Waals surface area contributed by atoms with Crippen molar-refractivity contribution in [1.82, 2.24) is 9.13 Å². The van der Waals surface area contributed by atoms with Gasteiger partial charge in [-0.15, -0.1) is 28.4 Å². The van der Waals surface area contributed by atoms with Gasteiger partial charge in [-0.1, -0.05) is 0 Å². The Morgan fingerprint density at radius 3 is 1.37 bits per heavy atom. The third-order valence-corrected chi connectivity index (χ3v) is 7.42. The Morgan fingerprint density at radius 1 is 0.714 bits per heavy atom. The van der Waals surface area contributed by atoms with E-state index in [1.807, 2.05) is 0 Å². The summed E-state index contributed by atoms with van der Waals surface area (Å²) >= 11 is 13.0. The van der Waals surface area contributed by atoms with Gasteiger partial charge >= 0.3 is 11.9 Å². The Balaban J connectivity index is 1.64. The molecular weight excluding hydrogens is 529 g/mol. The molecule has 0 aliphatic heterocycles. The van der Waals surface area contributed by atoms with Crippen LogP contribution in [0.4, 0.5) is 0 Å². The highest BCUT2D eigenvalue weighted by atomic mass is 32.2. The molecule has 0 saturated heterocycles. The van der Waals surface area contributed by atoms with Gasteiger partial charge in [0.1, 0.15) is 0 Å². The lowest BCUT2D eigenvalue weighted by atomic mass is 10.2. The molecule has 2 heterocycles. The zero-order chi connectivity index (χ0) is 25.3. The standard InChI is InChI=1S/C23H14N2O6S4/c26-18-16(34-22(32)24(18)14-8-4-12(5-9-14)20(28)29)2-1-3-17-19(27)25(23(33)35-17)15-10-6-13(7-11-15)21(30)31/h2-11,26-27H,(H,28,29)(H,30,31). The second-order valence-corrected chi connectivity index (χ2v) is 10.3. The minimum absolute atomic E-state index is 0.116. The number of carboxylic acids is 2. The number of aromatic nitrogens is 2. The highest BCUT2D eigenvalue weighted by Crippen LogP contribution is 2.32. The van der Waals surface area contributed by atoms with Crippen LogP contribution in [0.1, 0.15) is 30.5 Å². The van der Waals surface area contributed by atoms with Gasteiger partial charge in [0, 0.05) is 12.2 Å². The Bertz CT molecular complexity index is 1510. The lowest BCUT2D eigenvalue weighted by Crippen LogP contribution is -1.98. The molecule has 0 bridgehead atoms. The van der Waals surface area contributed by atoms with E-state index in [1.165, 1.54) is 45.6 Å². The summed E-state index contributed by atoms with van der Waals surface area (Å²) in [6.45, 7) is 0. The molecule has 4 N–H and O–H groups in total. The monoisotopic (exact) mass is 542 g/mol. The molecule has 0 fully saturated rings. The fraction of sp³-hybridized carbons (Fsp3) is 0. The third-order valence-electron chi connectivity index (χ3n) is 4.80. The van der Waals surface area contributed by atoms with Crippen LogP contribution in [0, 0.1) is 7.91 Å². The fourth-order valence-electron chi connectivity index (χ4n) is 3.11. The Labute approximate surface area is 215 Å². The van der Waals surface area contributed by atoms with Gasteiger partial charge in [0.2, 0.25) is 11.8 Å². The van der Waals surface area contributed by atoms with E-state index in [1.54, 1.807) is 24.3 Å². The average molecular weight is 543 g/mol. The maximum Gasteiger partial charge on any atom is 0.335 e. The van der Waals surface area contributed by atoms with Crippen molar-refractivity contribution < 1.29 is 30.0 Å². The predicted molar refractivity (Wildman–Crippen MR) is 139 cm³/mol. The van der Waals surface area contributed by atoms with Gasteiger partial charge in [0.05, 0.1) is 32.3 Å². The van der Waals surface area contributed by atoms with E-state index in [4.69, 9.17) is 34.6 Å². The molecular formula is C23H14N2O6S4. The summed E-state index contributed by atoms with van der Waals surface area (Å²) < 4.78 is 3.54. The minimum atomic E-state index is -1.05. The molecule has 35 heavy (non-hydrogen) atoms. The highest BCUT2D eigenvalue weighted by Gasteiger charge is 2.14. The SMILES string of the molecule is O=C(O)c1ccc(-n2c(O)c(C=C=Cc3sc(=S)n(-c4ccc(C(=O)O)cc4)c3O)sc2=S)cc1.